The highest BCUT2D eigenvalue weighted by Gasteiger charge is 2.10. The van der Waals surface area contributed by atoms with Crippen LogP contribution in [0.4, 0.5) is 0 Å². The van der Waals surface area contributed by atoms with Gasteiger partial charge in [-0.25, -0.2) is 4.79 Å². The van der Waals surface area contributed by atoms with E-state index in [9.17, 15) is 9.90 Å². The topological polar surface area (TPSA) is 55.8 Å². The second kappa shape index (κ2) is 6.61. The predicted octanol–water partition coefficient (Wildman–Crippen LogP) is 2.80. The van der Waals surface area contributed by atoms with Gasteiger partial charge in [0.2, 0.25) is 0 Å². The first-order valence-corrected chi connectivity index (χ1v) is 6.29. The summed E-state index contributed by atoms with van der Waals surface area (Å²) < 4.78 is 10.1. The number of phenolic OH excluding ortho intramolecular Hbond substituents is 1. The molecule has 104 valence electrons. The van der Waals surface area contributed by atoms with Crippen LogP contribution in [0.3, 0.4) is 0 Å². The quantitative estimate of drug-likeness (QED) is 0.850. The number of carbonyl (C=O) groups is 1. The fourth-order valence-electron chi connectivity index (χ4n) is 1.79. The van der Waals surface area contributed by atoms with Gasteiger partial charge in [0.25, 0.3) is 0 Å². The average molecular weight is 272 g/mol. The van der Waals surface area contributed by atoms with Crippen LogP contribution in [-0.2, 0) is 11.2 Å². The molecule has 1 N–H and O–H groups in total. The molecule has 0 spiro atoms. The summed E-state index contributed by atoms with van der Waals surface area (Å²) in [7, 11) is 1.43. The number of phenols is 1. The summed E-state index contributed by atoms with van der Waals surface area (Å²) in [5.41, 5.74) is 1.47. The van der Waals surface area contributed by atoms with Crippen molar-refractivity contribution < 1.29 is 19.4 Å². The molecule has 0 radical (unpaired) electrons. The van der Waals surface area contributed by atoms with Gasteiger partial charge in [0.15, 0.2) is 11.5 Å². The monoisotopic (exact) mass is 272 g/mol. The molecule has 0 saturated carbocycles. The summed E-state index contributed by atoms with van der Waals surface area (Å²) in [6.07, 6.45) is 0.668. The Morgan fingerprint density at radius 2 is 1.90 bits per heavy atom. The summed E-state index contributed by atoms with van der Waals surface area (Å²) >= 11 is 0. The van der Waals surface area contributed by atoms with Gasteiger partial charge in [0.05, 0.1) is 19.3 Å². The third-order valence-corrected chi connectivity index (χ3v) is 2.88. The lowest BCUT2D eigenvalue weighted by molar-refractivity contribution is 0.0509. The summed E-state index contributed by atoms with van der Waals surface area (Å²) in [5.74, 6) is -0.185. The highest BCUT2D eigenvalue weighted by atomic mass is 16.5. The highest BCUT2D eigenvalue weighted by molar-refractivity contribution is 5.90. The van der Waals surface area contributed by atoms with Crippen molar-refractivity contribution in [2.24, 2.45) is 0 Å². The van der Waals surface area contributed by atoms with Crippen molar-refractivity contribution in [2.45, 2.75) is 6.42 Å². The van der Waals surface area contributed by atoms with E-state index in [-0.39, 0.29) is 11.5 Å². The number of ether oxygens (including phenoxy) is 2. The molecule has 0 unspecified atom stereocenters. The first-order chi connectivity index (χ1) is 9.70. The van der Waals surface area contributed by atoms with Crippen LogP contribution in [0, 0.1) is 0 Å². The van der Waals surface area contributed by atoms with Crippen molar-refractivity contribution in [3.8, 4) is 11.5 Å². The Morgan fingerprint density at radius 1 is 1.15 bits per heavy atom. The number of aromatic hydroxyl groups is 1. The minimum atomic E-state index is -0.431. The number of hydrogen-bond donors (Lipinski definition) is 1. The van der Waals surface area contributed by atoms with Crippen molar-refractivity contribution in [1.29, 1.82) is 0 Å². The van der Waals surface area contributed by atoms with Gasteiger partial charge in [-0.1, -0.05) is 30.3 Å². The zero-order valence-electron chi connectivity index (χ0n) is 11.2. The molecule has 2 rings (SSSR count). The molecule has 0 aliphatic carbocycles. The zero-order chi connectivity index (χ0) is 14.4. The molecule has 0 heterocycles. The molecule has 0 aromatic heterocycles. The van der Waals surface area contributed by atoms with Crippen LogP contribution < -0.4 is 4.74 Å². The Bertz CT molecular complexity index is 578. The standard InChI is InChI=1S/C16H16O4/c1-19-15-11-13(7-8-14(15)17)16(18)20-10-9-12-5-3-2-4-6-12/h2-8,11,17H,9-10H2,1H3. The predicted molar refractivity (Wildman–Crippen MR) is 75.1 cm³/mol. The maximum atomic E-state index is 11.9. The molecule has 0 atom stereocenters. The zero-order valence-corrected chi connectivity index (χ0v) is 11.2. The number of methoxy groups -OCH3 is 1. The summed E-state index contributed by atoms with van der Waals surface area (Å²) in [4.78, 5) is 11.9. The van der Waals surface area contributed by atoms with Gasteiger partial charge >= 0.3 is 5.97 Å². The number of carbonyl (C=O) groups excluding carboxylic acids is 1. The molecule has 0 aliphatic rings. The van der Waals surface area contributed by atoms with Gasteiger partial charge in [-0.3, -0.25) is 0 Å². The Labute approximate surface area is 117 Å². The van der Waals surface area contributed by atoms with Crippen LogP contribution in [0.1, 0.15) is 15.9 Å². The number of benzene rings is 2. The van der Waals surface area contributed by atoms with Crippen LogP contribution in [0.25, 0.3) is 0 Å². The molecule has 0 amide bonds. The molecule has 0 aliphatic heterocycles. The van der Waals surface area contributed by atoms with Crippen molar-refractivity contribution >= 4 is 5.97 Å². The highest BCUT2D eigenvalue weighted by Crippen LogP contribution is 2.26. The SMILES string of the molecule is COc1cc(C(=O)OCCc2ccccc2)ccc1O. The van der Waals surface area contributed by atoms with E-state index in [4.69, 9.17) is 9.47 Å². The molecule has 0 saturated heterocycles. The fraction of sp³-hybridized carbons (Fsp3) is 0.188. The van der Waals surface area contributed by atoms with Crippen LogP contribution in [0.5, 0.6) is 11.5 Å². The van der Waals surface area contributed by atoms with Crippen LogP contribution in [0.15, 0.2) is 48.5 Å². The van der Waals surface area contributed by atoms with Crippen molar-refractivity contribution in [3.63, 3.8) is 0 Å². The number of hydrogen-bond acceptors (Lipinski definition) is 4. The molecule has 0 fully saturated rings. The lowest BCUT2D eigenvalue weighted by atomic mass is 10.2. The van der Waals surface area contributed by atoms with Gasteiger partial charge in [-0.15, -0.1) is 0 Å². The molecule has 4 nitrogen and oxygen atoms in total. The Balaban J connectivity index is 1.92. The molecular formula is C16H16O4. The molecular weight excluding hydrogens is 256 g/mol. The van der Waals surface area contributed by atoms with E-state index < -0.39 is 5.97 Å². The lowest BCUT2D eigenvalue weighted by Crippen LogP contribution is -2.08. The van der Waals surface area contributed by atoms with E-state index >= 15 is 0 Å². The normalized spacial score (nSPS) is 10.1. The summed E-state index contributed by atoms with van der Waals surface area (Å²) in [5, 5.41) is 9.46. The molecule has 2 aromatic carbocycles. The Morgan fingerprint density at radius 3 is 2.60 bits per heavy atom. The van der Waals surface area contributed by atoms with E-state index in [1.165, 1.54) is 25.3 Å². The van der Waals surface area contributed by atoms with Gasteiger partial charge < -0.3 is 14.6 Å². The van der Waals surface area contributed by atoms with Gasteiger partial charge in [-0.2, -0.15) is 0 Å². The van der Waals surface area contributed by atoms with Crippen molar-refractivity contribution in [3.05, 3.63) is 59.7 Å². The molecule has 4 heteroatoms. The minimum Gasteiger partial charge on any atom is -0.504 e. The average Bonchev–Trinajstić information content (AvgIpc) is 2.48. The largest absolute Gasteiger partial charge is 0.504 e. The smallest absolute Gasteiger partial charge is 0.338 e. The first-order valence-electron chi connectivity index (χ1n) is 6.29. The number of rotatable bonds is 5. The van der Waals surface area contributed by atoms with Gasteiger partial charge in [0.1, 0.15) is 0 Å². The van der Waals surface area contributed by atoms with Crippen LogP contribution >= 0.6 is 0 Å². The third kappa shape index (κ3) is 3.51. The van der Waals surface area contributed by atoms with E-state index in [0.717, 1.165) is 5.56 Å². The Hall–Kier alpha value is -2.49. The van der Waals surface area contributed by atoms with Gasteiger partial charge in [-0.05, 0) is 23.8 Å². The van der Waals surface area contributed by atoms with Crippen LogP contribution in [-0.4, -0.2) is 24.8 Å². The van der Waals surface area contributed by atoms with Crippen molar-refractivity contribution in [2.75, 3.05) is 13.7 Å². The second-order valence-electron chi connectivity index (χ2n) is 4.26. The maximum absolute atomic E-state index is 11.9. The van der Waals surface area contributed by atoms with E-state index in [1.54, 1.807) is 0 Å². The van der Waals surface area contributed by atoms with E-state index in [2.05, 4.69) is 0 Å². The lowest BCUT2D eigenvalue weighted by Gasteiger charge is -2.07. The van der Waals surface area contributed by atoms with Crippen LogP contribution in [0.2, 0.25) is 0 Å². The van der Waals surface area contributed by atoms with E-state index in [1.807, 2.05) is 30.3 Å². The minimum absolute atomic E-state index is 0.00617. The summed E-state index contributed by atoms with van der Waals surface area (Å²) in [6.45, 7) is 0.312. The third-order valence-electron chi connectivity index (χ3n) is 2.88. The second-order valence-corrected chi connectivity index (χ2v) is 4.26. The summed E-state index contributed by atoms with van der Waals surface area (Å²) in [6, 6.07) is 14.2. The van der Waals surface area contributed by atoms with Gasteiger partial charge in [0, 0.05) is 6.42 Å². The first kappa shape index (κ1) is 13.9. The molecule has 20 heavy (non-hydrogen) atoms. The fourth-order valence-corrected chi connectivity index (χ4v) is 1.79. The Kier molecular flexibility index (Phi) is 4.60. The molecule has 2 aromatic rings. The maximum Gasteiger partial charge on any atom is 0.338 e. The number of esters is 1. The van der Waals surface area contributed by atoms with Crippen molar-refractivity contribution in [1.82, 2.24) is 0 Å². The van der Waals surface area contributed by atoms with E-state index in [0.29, 0.717) is 18.6 Å². The molecule has 0 bridgehead atoms.